The molecule has 0 spiro atoms. The van der Waals surface area contributed by atoms with E-state index in [1.165, 1.54) is 25.8 Å². The summed E-state index contributed by atoms with van der Waals surface area (Å²) in [6, 6.07) is 8.01. The highest BCUT2D eigenvalue weighted by Gasteiger charge is 2.18. The van der Waals surface area contributed by atoms with E-state index in [9.17, 15) is 0 Å². The average Bonchev–Trinajstić information content (AvgIpc) is 2.24. The van der Waals surface area contributed by atoms with Gasteiger partial charge in [0.1, 0.15) is 12.4 Å². The van der Waals surface area contributed by atoms with Gasteiger partial charge in [0.25, 0.3) is 0 Å². The van der Waals surface area contributed by atoms with Crippen molar-refractivity contribution in [3.63, 3.8) is 0 Å². The van der Waals surface area contributed by atoms with Crippen LogP contribution in [0.1, 0.15) is 19.3 Å². The van der Waals surface area contributed by atoms with Gasteiger partial charge in [-0.3, -0.25) is 0 Å². The van der Waals surface area contributed by atoms with E-state index in [0.29, 0.717) is 0 Å². The van der Waals surface area contributed by atoms with Crippen molar-refractivity contribution >= 4 is 15.9 Å². The van der Waals surface area contributed by atoms with Crippen LogP contribution in [0.5, 0.6) is 5.75 Å². The molecule has 1 saturated carbocycles. The molecule has 0 bridgehead atoms. The Morgan fingerprint density at radius 1 is 1.41 bits per heavy atom. The van der Waals surface area contributed by atoms with Crippen LogP contribution in [-0.2, 0) is 0 Å². The van der Waals surface area contributed by atoms with Crippen LogP contribution in [-0.4, -0.2) is 31.6 Å². The summed E-state index contributed by atoms with van der Waals surface area (Å²) in [5, 5.41) is 0. The normalized spacial score (nSPS) is 15.9. The van der Waals surface area contributed by atoms with Gasteiger partial charge in [0.2, 0.25) is 0 Å². The molecule has 1 aromatic carbocycles. The molecule has 3 heteroatoms. The van der Waals surface area contributed by atoms with Crippen molar-refractivity contribution in [2.45, 2.75) is 19.3 Å². The van der Waals surface area contributed by atoms with E-state index in [0.717, 1.165) is 29.3 Å². The van der Waals surface area contributed by atoms with E-state index in [1.807, 2.05) is 24.3 Å². The summed E-state index contributed by atoms with van der Waals surface area (Å²) in [5.74, 6) is 1.88. The maximum absolute atomic E-state index is 5.72. The van der Waals surface area contributed by atoms with E-state index in [2.05, 4.69) is 27.9 Å². The number of ether oxygens (including phenoxy) is 1. The van der Waals surface area contributed by atoms with Crippen molar-refractivity contribution in [3.05, 3.63) is 28.7 Å². The van der Waals surface area contributed by atoms with Crippen molar-refractivity contribution in [3.8, 4) is 5.75 Å². The molecule has 17 heavy (non-hydrogen) atoms. The topological polar surface area (TPSA) is 12.5 Å². The van der Waals surface area contributed by atoms with Gasteiger partial charge < -0.3 is 9.64 Å². The second-order valence-corrected chi connectivity index (χ2v) is 5.78. The molecule has 0 radical (unpaired) electrons. The number of hydrogen-bond acceptors (Lipinski definition) is 2. The largest absolute Gasteiger partial charge is 0.492 e. The van der Waals surface area contributed by atoms with E-state index in [1.54, 1.807) is 0 Å². The summed E-state index contributed by atoms with van der Waals surface area (Å²) < 4.78 is 6.79. The molecule has 2 nitrogen and oxygen atoms in total. The highest BCUT2D eigenvalue weighted by Crippen LogP contribution is 2.26. The van der Waals surface area contributed by atoms with Crippen LogP contribution in [0.3, 0.4) is 0 Å². The maximum atomic E-state index is 5.72. The predicted octanol–water partition coefficient (Wildman–Crippen LogP) is 3.56. The number of hydrogen-bond donors (Lipinski definition) is 0. The van der Waals surface area contributed by atoms with Crippen LogP contribution in [0.15, 0.2) is 28.7 Å². The van der Waals surface area contributed by atoms with Crippen molar-refractivity contribution in [1.29, 1.82) is 0 Å². The average molecular weight is 298 g/mol. The summed E-state index contributed by atoms with van der Waals surface area (Å²) in [7, 11) is 2.18. The van der Waals surface area contributed by atoms with Gasteiger partial charge in [-0.15, -0.1) is 0 Å². The minimum absolute atomic E-state index is 0.764. The first kappa shape index (κ1) is 12.9. The molecule has 0 aromatic heterocycles. The molecule has 0 heterocycles. The number of rotatable bonds is 6. The molecule has 2 rings (SSSR count). The lowest BCUT2D eigenvalue weighted by atomic mass is 9.85. The summed E-state index contributed by atoms with van der Waals surface area (Å²) in [5.41, 5.74) is 0. The first-order valence-electron chi connectivity index (χ1n) is 6.31. The third-order valence-corrected chi connectivity index (χ3v) is 3.83. The molecule has 0 atom stereocenters. The zero-order chi connectivity index (χ0) is 12.1. The van der Waals surface area contributed by atoms with E-state index >= 15 is 0 Å². The fraction of sp³-hybridized carbons (Fsp3) is 0.571. The molecule has 1 aliphatic rings. The minimum atomic E-state index is 0.764. The number of halogens is 1. The van der Waals surface area contributed by atoms with Gasteiger partial charge in [0, 0.05) is 17.6 Å². The Hall–Kier alpha value is -0.540. The third kappa shape index (κ3) is 4.32. The van der Waals surface area contributed by atoms with Gasteiger partial charge in [-0.1, -0.05) is 28.4 Å². The Bertz CT molecular complexity index is 352. The van der Waals surface area contributed by atoms with Crippen molar-refractivity contribution in [1.82, 2.24) is 4.90 Å². The van der Waals surface area contributed by atoms with Crippen molar-refractivity contribution in [2.24, 2.45) is 5.92 Å². The Balaban J connectivity index is 1.64. The first-order valence-corrected chi connectivity index (χ1v) is 7.10. The zero-order valence-corrected chi connectivity index (χ0v) is 11.9. The number of nitrogens with zero attached hydrogens (tertiary/aromatic N) is 1. The van der Waals surface area contributed by atoms with Gasteiger partial charge in [0.05, 0.1) is 0 Å². The van der Waals surface area contributed by atoms with E-state index in [4.69, 9.17) is 4.74 Å². The Morgan fingerprint density at radius 2 is 2.24 bits per heavy atom. The van der Waals surface area contributed by atoms with E-state index < -0.39 is 0 Å². The minimum Gasteiger partial charge on any atom is -0.492 e. The lowest BCUT2D eigenvalue weighted by molar-refractivity contribution is 0.177. The molecule has 0 amide bonds. The standard InChI is InChI=1S/C14H20BrNO/c1-16(11-12-4-2-5-12)8-9-17-14-7-3-6-13(15)10-14/h3,6-7,10,12H,2,4-5,8-9,11H2,1H3. The second kappa shape index (κ2) is 6.41. The highest BCUT2D eigenvalue weighted by atomic mass is 79.9. The van der Waals surface area contributed by atoms with Crippen LogP contribution in [0.25, 0.3) is 0 Å². The molecule has 94 valence electrons. The van der Waals surface area contributed by atoms with Crippen LogP contribution in [0.2, 0.25) is 0 Å². The molecule has 0 N–H and O–H groups in total. The smallest absolute Gasteiger partial charge is 0.120 e. The van der Waals surface area contributed by atoms with Crippen molar-refractivity contribution in [2.75, 3.05) is 26.7 Å². The van der Waals surface area contributed by atoms with Gasteiger partial charge in [-0.25, -0.2) is 0 Å². The van der Waals surface area contributed by atoms with Crippen LogP contribution >= 0.6 is 15.9 Å². The van der Waals surface area contributed by atoms with Crippen molar-refractivity contribution < 1.29 is 4.74 Å². The SMILES string of the molecule is CN(CCOc1cccc(Br)c1)CC1CCC1. The Kier molecular flexibility index (Phi) is 4.86. The molecule has 1 aliphatic carbocycles. The number of benzene rings is 1. The molecular weight excluding hydrogens is 278 g/mol. The van der Waals surface area contributed by atoms with Gasteiger partial charge in [0.15, 0.2) is 0 Å². The summed E-state index contributed by atoms with van der Waals surface area (Å²) >= 11 is 3.44. The summed E-state index contributed by atoms with van der Waals surface area (Å²) in [4.78, 5) is 2.38. The predicted molar refractivity (Wildman–Crippen MR) is 74.5 cm³/mol. The number of likely N-dealkylation sites (N-methyl/N-ethyl adjacent to an activating group) is 1. The second-order valence-electron chi connectivity index (χ2n) is 4.87. The highest BCUT2D eigenvalue weighted by molar-refractivity contribution is 9.10. The molecule has 1 aromatic rings. The molecule has 1 fully saturated rings. The molecular formula is C14H20BrNO. The molecule has 0 saturated heterocycles. The lowest BCUT2D eigenvalue weighted by Gasteiger charge is -2.30. The maximum Gasteiger partial charge on any atom is 0.120 e. The Labute approximate surface area is 112 Å². The van der Waals surface area contributed by atoms with Crippen LogP contribution in [0, 0.1) is 5.92 Å². The molecule has 0 unspecified atom stereocenters. The van der Waals surface area contributed by atoms with Gasteiger partial charge in [-0.2, -0.15) is 0 Å². The van der Waals surface area contributed by atoms with Gasteiger partial charge in [-0.05, 0) is 44.0 Å². The van der Waals surface area contributed by atoms with Crippen LogP contribution in [0.4, 0.5) is 0 Å². The fourth-order valence-corrected chi connectivity index (χ4v) is 2.46. The summed E-state index contributed by atoms with van der Waals surface area (Å²) in [6.45, 7) is 2.99. The summed E-state index contributed by atoms with van der Waals surface area (Å²) in [6.07, 6.45) is 4.25. The first-order chi connectivity index (χ1) is 8.24. The Morgan fingerprint density at radius 3 is 2.88 bits per heavy atom. The zero-order valence-electron chi connectivity index (χ0n) is 10.4. The van der Waals surface area contributed by atoms with E-state index in [-0.39, 0.29) is 0 Å². The third-order valence-electron chi connectivity index (χ3n) is 3.33. The quantitative estimate of drug-likeness (QED) is 0.796. The molecule has 0 aliphatic heterocycles. The monoisotopic (exact) mass is 297 g/mol. The van der Waals surface area contributed by atoms with Gasteiger partial charge >= 0.3 is 0 Å². The lowest BCUT2D eigenvalue weighted by Crippen LogP contribution is -2.32. The fourth-order valence-electron chi connectivity index (χ4n) is 2.08. The van der Waals surface area contributed by atoms with Crippen LogP contribution < -0.4 is 4.74 Å².